The summed E-state index contributed by atoms with van der Waals surface area (Å²) in [6, 6.07) is 3.92. The van der Waals surface area contributed by atoms with Crippen LogP contribution in [0.5, 0.6) is 0 Å². The SMILES string of the molecule is CC(ON=C(N)c1ccnc(N2CCCCC2)c1)C(=O)N(C(C)C)C(C)C. The number of amides is 1. The van der Waals surface area contributed by atoms with Gasteiger partial charge in [0.1, 0.15) is 5.82 Å². The van der Waals surface area contributed by atoms with E-state index in [-0.39, 0.29) is 23.8 Å². The lowest BCUT2D eigenvalue weighted by molar-refractivity contribution is -0.146. The van der Waals surface area contributed by atoms with Gasteiger partial charge in [0.05, 0.1) is 0 Å². The molecule has 7 nitrogen and oxygen atoms in total. The zero-order valence-corrected chi connectivity index (χ0v) is 17.2. The second-order valence-electron chi connectivity index (χ2n) is 7.61. The van der Waals surface area contributed by atoms with Crippen LogP contribution in [0.1, 0.15) is 59.4 Å². The molecule has 0 aliphatic carbocycles. The largest absolute Gasteiger partial charge is 0.381 e. The van der Waals surface area contributed by atoms with Crippen molar-refractivity contribution < 1.29 is 9.63 Å². The summed E-state index contributed by atoms with van der Waals surface area (Å²) >= 11 is 0. The van der Waals surface area contributed by atoms with E-state index in [1.54, 1.807) is 24.1 Å². The molecule has 0 spiro atoms. The first-order valence-corrected chi connectivity index (χ1v) is 9.84. The number of hydrogen-bond donors (Lipinski definition) is 1. The van der Waals surface area contributed by atoms with Crippen molar-refractivity contribution in [1.29, 1.82) is 0 Å². The summed E-state index contributed by atoms with van der Waals surface area (Å²) in [5.41, 5.74) is 6.84. The maximum absolute atomic E-state index is 12.6. The van der Waals surface area contributed by atoms with Gasteiger partial charge in [-0.25, -0.2) is 4.98 Å². The summed E-state index contributed by atoms with van der Waals surface area (Å²) in [7, 11) is 0. The van der Waals surface area contributed by atoms with Gasteiger partial charge in [0.25, 0.3) is 5.91 Å². The third-order valence-electron chi connectivity index (χ3n) is 4.75. The number of nitrogens with two attached hydrogens (primary N) is 1. The number of anilines is 1. The van der Waals surface area contributed by atoms with Crippen LogP contribution in [0, 0.1) is 0 Å². The average Bonchev–Trinajstić information content (AvgIpc) is 2.66. The van der Waals surface area contributed by atoms with Crippen molar-refractivity contribution in [3.05, 3.63) is 23.9 Å². The van der Waals surface area contributed by atoms with Crippen LogP contribution >= 0.6 is 0 Å². The van der Waals surface area contributed by atoms with Gasteiger partial charge in [-0.2, -0.15) is 0 Å². The lowest BCUT2D eigenvalue weighted by Gasteiger charge is -2.32. The van der Waals surface area contributed by atoms with Gasteiger partial charge >= 0.3 is 0 Å². The fourth-order valence-electron chi connectivity index (χ4n) is 3.42. The van der Waals surface area contributed by atoms with Crippen LogP contribution < -0.4 is 10.6 Å². The highest BCUT2D eigenvalue weighted by molar-refractivity contribution is 5.97. The van der Waals surface area contributed by atoms with Crippen molar-refractivity contribution in [1.82, 2.24) is 9.88 Å². The number of hydrogen-bond acceptors (Lipinski definition) is 5. The van der Waals surface area contributed by atoms with Crippen LogP contribution in [0.3, 0.4) is 0 Å². The van der Waals surface area contributed by atoms with Crippen molar-refractivity contribution in [3.8, 4) is 0 Å². The highest BCUT2D eigenvalue weighted by Gasteiger charge is 2.26. The molecule has 1 unspecified atom stereocenters. The van der Waals surface area contributed by atoms with Crippen molar-refractivity contribution in [2.45, 2.75) is 72.1 Å². The first-order valence-electron chi connectivity index (χ1n) is 9.84. The quantitative estimate of drug-likeness (QED) is 0.450. The molecule has 1 amide bonds. The molecule has 7 heteroatoms. The minimum absolute atomic E-state index is 0.0946. The Balaban J connectivity index is 2.05. The van der Waals surface area contributed by atoms with Gasteiger partial charge in [-0.05, 0) is 66.0 Å². The molecule has 150 valence electrons. The summed E-state index contributed by atoms with van der Waals surface area (Å²) in [6.45, 7) is 11.7. The number of nitrogens with zero attached hydrogens (tertiary/aromatic N) is 4. The molecule has 1 saturated heterocycles. The van der Waals surface area contributed by atoms with Crippen LogP contribution in [0.15, 0.2) is 23.5 Å². The third-order valence-corrected chi connectivity index (χ3v) is 4.75. The summed E-state index contributed by atoms with van der Waals surface area (Å²) in [6.07, 6.45) is 4.66. The molecule has 1 aliphatic heterocycles. The second kappa shape index (κ2) is 9.58. The van der Waals surface area contributed by atoms with E-state index in [2.05, 4.69) is 15.0 Å². The van der Waals surface area contributed by atoms with Gasteiger partial charge in [0, 0.05) is 36.9 Å². The number of carbonyl (C=O) groups is 1. The zero-order chi connectivity index (χ0) is 20.0. The Kier molecular flexibility index (Phi) is 7.45. The van der Waals surface area contributed by atoms with Crippen molar-refractivity contribution >= 4 is 17.6 Å². The Morgan fingerprint density at radius 1 is 1.19 bits per heavy atom. The topological polar surface area (TPSA) is 84.0 Å². The van der Waals surface area contributed by atoms with E-state index in [1.807, 2.05) is 33.8 Å². The van der Waals surface area contributed by atoms with Crippen LogP contribution in [-0.4, -0.2) is 52.9 Å². The average molecular weight is 376 g/mol. The normalized spacial score (nSPS) is 16.6. The first-order chi connectivity index (χ1) is 12.8. The fraction of sp³-hybridized carbons (Fsp3) is 0.650. The molecular weight excluding hydrogens is 342 g/mol. The molecule has 2 heterocycles. The first kappa shape index (κ1) is 21.0. The van der Waals surface area contributed by atoms with Crippen molar-refractivity contribution in [2.24, 2.45) is 10.9 Å². The highest BCUT2D eigenvalue weighted by Crippen LogP contribution is 2.18. The smallest absolute Gasteiger partial charge is 0.266 e. The van der Waals surface area contributed by atoms with Gasteiger partial charge in [0.15, 0.2) is 5.84 Å². The molecule has 2 rings (SSSR count). The Morgan fingerprint density at radius 2 is 1.81 bits per heavy atom. The van der Waals surface area contributed by atoms with Crippen LogP contribution in [-0.2, 0) is 9.63 Å². The number of aromatic nitrogens is 1. The molecule has 1 aromatic rings. The molecule has 2 N–H and O–H groups in total. The van der Waals surface area contributed by atoms with Gasteiger partial charge in [0.2, 0.25) is 6.10 Å². The minimum atomic E-state index is -0.697. The maximum Gasteiger partial charge on any atom is 0.266 e. The van der Waals surface area contributed by atoms with E-state index in [0.29, 0.717) is 0 Å². The Labute approximate surface area is 162 Å². The summed E-state index contributed by atoms with van der Waals surface area (Å²) in [5.74, 6) is 1.05. The molecule has 1 atom stereocenters. The van der Waals surface area contributed by atoms with E-state index < -0.39 is 6.10 Å². The van der Waals surface area contributed by atoms with Crippen LogP contribution in [0.4, 0.5) is 5.82 Å². The predicted octanol–water partition coefficient (Wildman–Crippen LogP) is 2.74. The molecule has 27 heavy (non-hydrogen) atoms. The van der Waals surface area contributed by atoms with Crippen molar-refractivity contribution in [2.75, 3.05) is 18.0 Å². The number of piperidine rings is 1. The maximum atomic E-state index is 12.6. The highest BCUT2D eigenvalue weighted by atomic mass is 16.6. The Morgan fingerprint density at radius 3 is 2.41 bits per heavy atom. The van der Waals surface area contributed by atoms with Crippen molar-refractivity contribution in [3.63, 3.8) is 0 Å². The second-order valence-corrected chi connectivity index (χ2v) is 7.61. The monoisotopic (exact) mass is 375 g/mol. The Hall–Kier alpha value is -2.31. The molecule has 0 bridgehead atoms. The van der Waals surface area contributed by atoms with Gasteiger partial charge in [-0.1, -0.05) is 5.16 Å². The molecule has 0 saturated carbocycles. The standard InChI is InChI=1S/C20H33N5O2/c1-14(2)25(15(3)4)20(26)16(5)27-23-19(21)17-9-10-22-18(13-17)24-11-7-6-8-12-24/h9-10,13-16H,6-8,11-12H2,1-5H3,(H2,21,23). The van der Waals surface area contributed by atoms with Crippen LogP contribution in [0.2, 0.25) is 0 Å². The molecule has 1 fully saturated rings. The molecule has 0 radical (unpaired) electrons. The van der Waals surface area contributed by atoms with Crippen LogP contribution in [0.25, 0.3) is 0 Å². The predicted molar refractivity (Wildman–Crippen MR) is 109 cm³/mol. The number of pyridine rings is 1. The van der Waals surface area contributed by atoms with E-state index >= 15 is 0 Å². The molecule has 1 aromatic heterocycles. The number of rotatable bonds is 7. The third kappa shape index (κ3) is 5.58. The molecule has 1 aliphatic rings. The zero-order valence-electron chi connectivity index (χ0n) is 17.2. The summed E-state index contributed by atoms with van der Waals surface area (Å²) in [4.78, 5) is 26.5. The Bertz CT molecular complexity index is 646. The fourth-order valence-corrected chi connectivity index (χ4v) is 3.42. The minimum Gasteiger partial charge on any atom is -0.381 e. The molecule has 0 aromatic carbocycles. The van der Waals surface area contributed by atoms with E-state index in [0.717, 1.165) is 24.5 Å². The van der Waals surface area contributed by atoms with Gasteiger partial charge in [-0.15, -0.1) is 0 Å². The lowest BCUT2D eigenvalue weighted by atomic mass is 10.1. The summed E-state index contributed by atoms with van der Waals surface area (Å²) < 4.78 is 0. The van der Waals surface area contributed by atoms with E-state index in [4.69, 9.17) is 10.6 Å². The summed E-state index contributed by atoms with van der Waals surface area (Å²) in [5, 5.41) is 4.00. The lowest BCUT2D eigenvalue weighted by Crippen LogP contribution is -2.46. The number of amidine groups is 1. The van der Waals surface area contributed by atoms with E-state index in [1.165, 1.54) is 19.3 Å². The number of carbonyl (C=O) groups excluding carboxylic acids is 1. The van der Waals surface area contributed by atoms with Gasteiger partial charge < -0.3 is 20.4 Å². The number of oxime groups is 1. The van der Waals surface area contributed by atoms with E-state index in [9.17, 15) is 4.79 Å². The van der Waals surface area contributed by atoms with Gasteiger partial charge in [-0.3, -0.25) is 4.79 Å². The molecular formula is C20H33N5O2.